The van der Waals surface area contributed by atoms with Crippen LogP contribution in [-0.2, 0) is 16.3 Å². The van der Waals surface area contributed by atoms with E-state index in [0.29, 0.717) is 16.6 Å². The SMILES string of the molecule is Cc1cc(C(=O)CBr)c(C)cc1Cc1nc(-c2ccc(S(C)(=O)=O)cc2)cs1. The lowest BCUT2D eigenvalue weighted by Crippen LogP contribution is -2.05. The molecule has 0 atom stereocenters. The van der Waals surface area contributed by atoms with Crippen LogP contribution in [0.25, 0.3) is 11.3 Å². The third-order valence-corrected chi connectivity index (χ3v) is 7.06. The van der Waals surface area contributed by atoms with Gasteiger partial charge in [0.1, 0.15) is 0 Å². The fourth-order valence-corrected chi connectivity index (χ4v) is 4.76. The third-order valence-electron chi connectivity index (χ3n) is 4.58. The molecule has 1 aromatic heterocycles. The van der Waals surface area contributed by atoms with Gasteiger partial charge in [-0.2, -0.15) is 0 Å². The molecule has 28 heavy (non-hydrogen) atoms. The van der Waals surface area contributed by atoms with Gasteiger partial charge < -0.3 is 0 Å². The van der Waals surface area contributed by atoms with Crippen molar-refractivity contribution in [3.8, 4) is 11.3 Å². The topological polar surface area (TPSA) is 64.1 Å². The number of carbonyl (C=O) groups excluding carboxylic acids is 1. The summed E-state index contributed by atoms with van der Waals surface area (Å²) in [6.45, 7) is 3.97. The Morgan fingerprint density at radius 2 is 1.79 bits per heavy atom. The van der Waals surface area contributed by atoms with Crippen LogP contribution in [0.1, 0.15) is 32.1 Å². The summed E-state index contributed by atoms with van der Waals surface area (Å²) < 4.78 is 23.2. The van der Waals surface area contributed by atoms with Gasteiger partial charge in [0.2, 0.25) is 0 Å². The van der Waals surface area contributed by atoms with E-state index in [9.17, 15) is 13.2 Å². The number of hydrogen-bond donors (Lipinski definition) is 0. The third kappa shape index (κ3) is 4.59. The molecule has 0 radical (unpaired) electrons. The minimum absolute atomic E-state index is 0.0845. The molecule has 146 valence electrons. The molecule has 4 nitrogen and oxygen atoms in total. The second kappa shape index (κ2) is 8.27. The number of ketones is 1. The van der Waals surface area contributed by atoms with Gasteiger partial charge in [0.25, 0.3) is 0 Å². The summed E-state index contributed by atoms with van der Waals surface area (Å²) in [7, 11) is -3.20. The fourth-order valence-electron chi connectivity index (χ4n) is 3.00. The Hall–Kier alpha value is -1.83. The van der Waals surface area contributed by atoms with Crippen molar-refractivity contribution in [1.29, 1.82) is 0 Å². The average Bonchev–Trinajstić information content (AvgIpc) is 3.12. The summed E-state index contributed by atoms with van der Waals surface area (Å²) >= 11 is 4.81. The van der Waals surface area contributed by atoms with Gasteiger partial charge in [0, 0.05) is 29.2 Å². The summed E-state index contributed by atoms with van der Waals surface area (Å²) in [4.78, 5) is 17.0. The Kier molecular flexibility index (Phi) is 6.17. The highest BCUT2D eigenvalue weighted by Gasteiger charge is 2.13. The Labute approximate surface area is 177 Å². The second-order valence-corrected chi connectivity index (χ2v) is 10.3. The summed E-state index contributed by atoms with van der Waals surface area (Å²) in [6.07, 6.45) is 1.89. The lowest BCUT2D eigenvalue weighted by Gasteiger charge is -2.10. The van der Waals surface area contributed by atoms with E-state index in [0.717, 1.165) is 38.5 Å². The Balaban J connectivity index is 1.83. The van der Waals surface area contributed by atoms with Crippen molar-refractivity contribution in [2.24, 2.45) is 0 Å². The molecule has 0 bridgehead atoms. The van der Waals surface area contributed by atoms with Gasteiger partial charge >= 0.3 is 0 Å². The first-order valence-corrected chi connectivity index (χ1v) is 12.5. The van der Waals surface area contributed by atoms with E-state index in [1.165, 1.54) is 6.26 Å². The van der Waals surface area contributed by atoms with Crippen molar-refractivity contribution in [3.63, 3.8) is 0 Å². The molecule has 0 aliphatic rings. The predicted octanol–water partition coefficient (Wildman–Crippen LogP) is 5.00. The zero-order chi connectivity index (χ0) is 20.5. The number of aryl methyl sites for hydroxylation is 2. The van der Waals surface area contributed by atoms with E-state index >= 15 is 0 Å². The lowest BCUT2D eigenvalue weighted by molar-refractivity contribution is 0.102. The Morgan fingerprint density at radius 1 is 1.11 bits per heavy atom. The largest absolute Gasteiger partial charge is 0.293 e. The molecule has 3 rings (SSSR count). The van der Waals surface area contributed by atoms with Crippen molar-refractivity contribution in [2.75, 3.05) is 11.6 Å². The first-order chi connectivity index (χ1) is 13.2. The molecule has 3 aromatic rings. The minimum atomic E-state index is -3.20. The molecule has 7 heteroatoms. The summed E-state index contributed by atoms with van der Waals surface area (Å²) in [5.41, 5.74) is 5.67. The monoisotopic (exact) mass is 477 g/mol. The zero-order valence-electron chi connectivity index (χ0n) is 15.8. The number of alkyl halides is 1. The van der Waals surface area contributed by atoms with Crippen LogP contribution in [0, 0.1) is 13.8 Å². The number of thiazole rings is 1. The molecule has 1 heterocycles. The van der Waals surface area contributed by atoms with Gasteiger partial charge in [-0.05, 0) is 48.7 Å². The van der Waals surface area contributed by atoms with E-state index in [1.54, 1.807) is 35.6 Å². The average molecular weight is 478 g/mol. The van der Waals surface area contributed by atoms with Gasteiger partial charge in [-0.25, -0.2) is 13.4 Å². The number of halogens is 1. The normalized spacial score (nSPS) is 11.6. The van der Waals surface area contributed by atoms with Crippen molar-refractivity contribution >= 4 is 42.9 Å². The van der Waals surface area contributed by atoms with Crippen LogP contribution in [0.15, 0.2) is 46.7 Å². The Morgan fingerprint density at radius 3 is 2.39 bits per heavy atom. The number of benzene rings is 2. The molecule has 0 saturated heterocycles. The van der Waals surface area contributed by atoms with E-state index in [-0.39, 0.29) is 5.78 Å². The smallest absolute Gasteiger partial charge is 0.175 e. The summed E-state index contributed by atoms with van der Waals surface area (Å²) in [6, 6.07) is 10.8. The minimum Gasteiger partial charge on any atom is -0.293 e. The van der Waals surface area contributed by atoms with Gasteiger partial charge in [-0.3, -0.25) is 4.79 Å². The van der Waals surface area contributed by atoms with Crippen LogP contribution >= 0.6 is 27.3 Å². The van der Waals surface area contributed by atoms with Crippen LogP contribution < -0.4 is 0 Å². The van der Waals surface area contributed by atoms with Crippen molar-refractivity contribution in [2.45, 2.75) is 25.2 Å². The maximum Gasteiger partial charge on any atom is 0.175 e. The standard InChI is InChI=1S/C21H20BrNO3S2/c1-13-9-18(20(24)11-22)14(2)8-16(13)10-21-23-19(12-27-21)15-4-6-17(7-5-15)28(3,25)26/h4-9,12H,10-11H2,1-3H3. The van der Waals surface area contributed by atoms with Crippen LogP contribution in [0.2, 0.25) is 0 Å². The molecule has 0 saturated carbocycles. The molecule has 0 fully saturated rings. The van der Waals surface area contributed by atoms with Gasteiger partial charge in [0.05, 0.1) is 20.9 Å². The molecule has 0 unspecified atom stereocenters. The van der Waals surface area contributed by atoms with Gasteiger partial charge in [-0.1, -0.05) is 34.1 Å². The summed E-state index contributed by atoms with van der Waals surface area (Å²) in [5, 5.41) is 3.28. The van der Waals surface area contributed by atoms with E-state index in [4.69, 9.17) is 4.98 Å². The quantitative estimate of drug-likeness (QED) is 0.370. The number of carbonyl (C=O) groups is 1. The highest BCUT2D eigenvalue weighted by molar-refractivity contribution is 9.09. The maximum absolute atomic E-state index is 12.0. The number of aromatic nitrogens is 1. The molecular formula is C21H20BrNO3S2. The van der Waals surface area contributed by atoms with Crippen molar-refractivity contribution in [3.05, 3.63) is 69.0 Å². The number of nitrogens with zero attached hydrogens (tertiary/aromatic N) is 1. The number of Topliss-reactive ketones (excluding diaryl/α,β-unsaturated/α-hetero) is 1. The maximum atomic E-state index is 12.0. The van der Waals surface area contributed by atoms with E-state index < -0.39 is 9.84 Å². The number of hydrogen-bond acceptors (Lipinski definition) is 5. The molecule has 0 N–H and O–H groups in total. The molecule has 2 aromatic carbocycles. The van der Waals surface area contributed by atoms with Gasteiger partial charge in [0.15, 0.2) is 15.6 Å². The summed E-state index contributed by atoms with van der Waals surface area (Å²) in [5.74, 6) is 0.0845. The molecule has 0 amide bonds. The van der Waals surface area contributed by atoms with Crippen LogP contribution in [-0.4, -0.2) is 30.8 Å². The first kappa shape index (κ1) is 20.9. The molecule has 0 aliphatic carbocycles. The number of rotatable bonds is 6. The fraction of sp³-hybridized carbons (Fsp3) is 0.238. The lowest BCUT2D eigenvalue weighted by atomic mass is 9.96. The molecular weight excluding hydrogens is 458 g/mol. The second-order valence-electron chi connectivity index (χ2n) is 6.75. The van der Waals surface area contributed by atoms with E-state index in [1.807, 2.05) is 25.3 Å². The van der Waals surface area contributed by atoms with Crippen molar-refractivity contribution in [1.82, 2.24) is 4.98 Å². The molecule has 0 aliphatic heterocycles. The van der Waals surface area contributed by atoms with Crippen molar-refractivity contribution < 1.29 is 13.2 Å². The Bertz CT molecular complexity index is 1130. The van der Waals surface area contributed by atoms with E-state index in [2.05, 4.69) is 22.0 Å². The predicted molar refractivity (Wildman–Crippen MR) is 118 cm³/mol. The highest BCUT2D eigenvalue weighted by atomic mass is 79.9. The highest BCUT2D eigenvalue weighted by Crippen LogP contribution is 2.26. The van der Waals surface area contributed by atoms with Crippen LogP contribution in [0.4, 0.5) is 0 Å². The zero-order valence-corrected chi connectivity index (χ0v) is 19.0. The number of sulfone groups is 1. The molecule has 0 spiro atoms. The van der Waals surface area contributed by atoms with Crippen LogP contribution in [0.5, 0.6) is 0 Å². The van der Waals surface area contributed by atoms with Crippen LogP contribution in [0.3, 0.4) is 0 Å². The van der Waals surface area contributed by atoms with Gasteiger partial charge in [-0.15, -0.1) is 11.3 Å². The first-order valence-electron chi connectivity index (χ1n) is 8.63.